The van der Waals surface area contributed by atoms with Crippen LogP contribution in [0.5, 0.6) is 5.88 Å². The molecule has 0 unspecified atom stereocenters. The van der Waals surface area contributed by atoms with E-state index in [4.69, 9.17) is 9.84 Å². The van der Waals surface area contributed by atoms with Crippen LogP contribution in [-0.4, -0.2) is 52.1 Å². The summed E-state index contributed by atoms with van der Waals surface area (Å²) in [7, 11) is 1.53. The average Bonchev–Trinajstić information content (AvgIpc) is 2.33. The molecule has 1 aromatic rings. The van der Waals surface area contributed by atoms with Crippen LogP contribution in [-0.2, 0) is 9.59 Å². The zero-order valence-electron chi connectivity index (χ0n) is 10.3. The number of rotatable bonds is 6. The highest BCUT2D eigenvalue weighted by molar-refractivity contribution is 5.78. The van der Waals surface area contributed by atoms with Crippen molar-refractivity contribution in [2.24, 2.45) is 0 Å². The van der Waals surface area contributed by atoms with Crippen molar-refractivity contribution >= 4 is 11.9 Å². The number of ether oxygens (including phenoxy) is 1. The van der Waals surface area contributed by atoms with E-state index in [1.165, 1.54) is 18.3 Å². The number of carboxylic acids is 1. The van der Waals surface area contributed by atoms with Crippen molar-refractivity contribution in [3.05, 3.63) is 18.1 Å². The van der Waals surface area contributed by atoms with Crippen LogP contribution in [0, 0.1) is 6.92 Å². The molecule has 1 N–H and O–H groups in total. The van der Waals surface area contributed by atoms with Crippen LogP contribution in [0.15, 0.2) is 12.4 Å². The Bertz CT molecular complexity index is 436. The number of carboxylic acid groups (broad SMARTS) is 1. The van der Waals surface area contributed by atoms with Crippen molar-refractivity contribution in [3.63, 3.8) is 0 Å². The molecule has 0 aromatic carbocycles. The molecule has 0 bridgehead atoms. The van der Waals surface area contributed by atoms with E-state index in [1.807, 2.05) is 0 Å². The fourth-order valence-electron chi connectivity index (χ4n) is 1.14. The minimum atomic E-state index is -0.943. The zero-order chi connectivity index (χ0) is 13.5. The summed E-state index contributed by atoms with van der Waals surface area (Å²) in [6.07, 6.45) is 1.26. The van der Waals surface area contributed by atoms with E-state index in [0.717, 1.165) is 5.69 Å². The number of aliphatic carboxylic acids is 1. The Morgan fingerprint density at radius 3 is 2.78 bits per heavy atom. The fraction of sp³-hybridized carbons (Fsp3) is 0.455. The minimum absolute atomic E-state index is 0.0884. The standard InChI is InChI=1S/C11H15N3O4/c1-8-5-9(13-7-12-8)18-6-10(15)14(2)4-3-11(16)17/h5,7H,3-4,6H2,1-2H3,(H,16,17). The molecule has 0 saturated heterocycles. The molecule has 1 amide bonds. The SMILES string of the molecule is Cc1cc(OCC(=O)N(C)CCC(=O)O)ncn1. The van der Waals surface area contributed by atoms with Crippen LogP contribution in [0.1, 0.15) is 12.1 Å². The molecule has 0 radical (unpaired) electrons. The molecule has 1 aromatic heterocycles. The number of carbonyl (C=O) groups excluding carboxylic acids is 1. The summed E-state index contributed by atoms with van der Waals surface area (Å²) < 4.78 is 5.19. The second-order valence-electron chi connectivity index (χ2n) is 3.75. The maximum absolute atomic E-state index is 11.6. The molecule has 7 nitrogen and oxygen atoms in total. The third-order valence-electron chi connectivity index (χ3n) is 2.21. The zero-order valence-corrected chi connectivity index (χ0v) is 10.3. The van der Waals surface area contributed by atoms with Crippen molar-refractivity contribution in [1.82, 2.24) is 14.9 Å². The van der Waals surface area contributed by atoms with E-state index in [2.05, 4.69) is 9.97 Å². The lowest BCUT2D eigenvalue weighted by atomic mass is 10.4. The van der Waals surface area contributed by atoms with E-state index in [-0.39, 0.29) is 25.5 Å². The van der Waals surface area contributed by atoms with Crippen molar-refractivity contribution in [3.8, 4) is 5.88 Å². The van der Waals surface area contributed by atoms with Crippen molar-refractivity contribution in [2.75, 3.05) is 20.2 Å². The molecule has 1 rings (SSSR count). The van der Waals surface area contributed by atoms with Gasteiger partial charge in [0.2, 0.25) is 5.88 Å². The normalized spacial score (nSPS) is 9.89. The average molecular weight is 253 g/mol. The van der Waals surface area contributed by atoms with Crippen LogP contribution in [0.25, 0.3) is 0 Å². The number of hydrogen-bond acceptors (Lipinski definition) is 5. The van der Waals surface area contributed by atoms with E-state index in [9.17, 15) is 9.59 Å². The first-order valence-electron chi connectivity index (χ1n) is 5.36. The monoisotopic (exact) mass is 253 g/mol. The highest BCUT2D eigenvalue weighted by Crippen LogP contribution is 2.05. The van der Waals surface area contributed by atoms with E-state index in [0.29, 0.717) is 5.88 Å². The Morgan fingerprint density at radius 2 is 2.17 bits per heavy atom. The lowest BCUT2D eigenvalue weighted by Crippen LogP contribution is -2.33. The van der Waals surface area contributed by atoms with Gasteiger partial charge in [0.15, 0.2) is 6.61 Å². The highest BCUT2D eigenvalue weighted by atomic mass is 16.5. The van der Waals surface area contributed by atoms with Gasteiger partial charge < -0.3 is 14.7 Å². The molecule has 18 heavy (non-hydrogen) atoms. The van der Waals surface area contributed by atoms with Crippen molar-refractivity contribution < 1.29 is 19.4 Å². The van der Waals surface area contributed by atoms with Gasteiger partial charge in [0, 0.05) is 25.4 Å². The maximum atomic E-state index is 11.6. The first kappa shape index (κ1) is 13.9. The summed E-state index contributed by atoms with van der Waals surface area (Å²) >= 11 is 0. The van der Waals surface area contributed by atoms with Gasteiger partial charge in [0.05, 0.1) is 6.42 Å². The van der Waals surface area contributed by atoms with Crippen molar-refractivity contribution in [1.29, 1.82) is 0 Å². The van der Waals surface area contributed by atoms with E-state index < -0.39 is 5.97 Å². The minimum Gasteiger partial charge on any atom is -0.481 e. The van der Waals surface area contributed by atoms with Gasteiger partial charge >= 0.3 is 5.97 Å². The summed E-state index contributed by atoms with van der Waals surface area (Å²) in [5.74, 6) is -0.919. The Balaban J connectivity index is 2.38. The molecule has 0 aliphatic heterocycles. The van der Waals surface area contributed by atoms with Gasteiger partial charge in [-0.2, -0.15) is 0 Å². The second-order valence-corrected chi connectivity index (χ2v) is 3.75. The Kier molecular flexibility index (Phi) is 5.04. The second kappa shape index (κ2) is 6.53. The van der Waals surface area contributed by atoms with Gasteiger partial charge in [-0.1, -0.05) is 0 Å². The molecular formula is C11H15N3O4. The number of nitrogens with zero attached hydrogens (tertiary/aromatic N) is 3. The molecule has 0 fully saturated rings. The summed E-state index contributed by atoms with van der Waals surface area (Å²) in [5.41, 5.74) is 0.742. The van der Waals surface area contributed by atoms with Gasteiger partial charge in [-0.05, 0) is 6.92 Å². The van der Waals surface area contributed by atoms with Crippen LogP contribution < -0.4 is 4.74 Å². The van der Waals surface area contributed by atoms with E-state index in [1.54, 1.807) is 13.0 Å². The molecule has 98 valence electrons. The molecular weight excluding hydrogens is 238 g/mol. The molecule has 0 aliphatic rings. The predicted molar refractivity (Wildman–Crippen MR) is 62.2 cm³/mol. The molecule has 0 atom stereocenters. The van der Waals surface area contributed by atoms with Crippen LogP contribution in [0.2, 0.25) is 0 Å². The van der Waals surface area contributed by atoms with E-state index >= 15 is 0 Å². The van der Waals surface area contributed by atoms with Gasteiger partial charge in [-0.3, -0.25) is 9.59 Å². The number of hydrogen-bond donors (Lipinski definition) is 1. The molecule has 7 heteroatoms. The molecule has 0 aliphatic carbocycles. The van der Waals surface area contributed by atoms with Crippen LogP contribution in [0.4, 0.5) is 0 Å². The van der Waals surface area contributed by atoms with Gasteiger partial charge in [-0.25, -0.2) is 9.97 Å². The van der Waals surface area contributed by atoms with Crippen LogP contribution >= 0.6 is 0 Å². The first-order chi connectivity index (χ1) is 8.49. The topological polar surface area (TPSA) is 92.6 Å². The van der Waals surface area contributed by atoms with Gasteiger partial charge in [0.1, 0.15) is 6.33 Å². The maximum Gasteiger partial charge on any atom is 0.305 e. The predicted octanol–water partition coefficient (Wildman–Crippen LogP) is 0.0969. The third-order valence-corrected chi connectivity index (χ3v) is 2.21. The number of aromatic nitrogens is 2. The lowest BCUT2D eigenvalue weighted by molar-refractivity contribution is -0.138. The molecule has 0 saturated carbocycles. The molecule has 0 spiro atoms. The van der Waals surface area contributed by atoms with Gasteiger partial charge in [-0.15, -0.1) is 0 Å². The summed E-state index contributed by atoms with van der Waals surface area (Å²) in [4.78, 5) is 31.0. The summed E-state index contributed by atoms with van der Waals surface area (Å²) in [5, 5.41) is 8.50. The Morgan fingerprint density at radius 1 is 1.44 bits per heavy atom. The Labute approximate surface area is 104 Å². The van der Waals surface area contributed by atoms with Crippen LogP contribution in [0.3, 0.4) is 0 Å². The van der Waals surface area contributed by atoms with Gasteiger partial charge in [0.25, 0.3) is 5.91 Å². The number of aryl methyl sites for hydroxylation is 1. The first-order valence-corrected chi connectivity index (χ1v) is 5.36. The Hall–Kier alpha value is -2.18. The fourth-order valence-corrected chi connectivity index (χ4v) is 1.14. The van der Waals surface area contributed by atoms with Crippen molar-refractivity contribution in [2.45, 2.75) is 13.3 Å². The number of carbonyl (C=O) groups is 2. The summed E-state index contributed by atoms with van der Waals surface area (Å²) in [6, 6.07) is 1.62. The third kappa shape index (κ3) is 4.77. The highest BCUT2D eigenvalue weighted by Gasteiger charge is 2.11. The number of likely N-dealkylation sites (N-methyl/N-ethyl adjacent to an activating group) is 1. The molecule has 1 heterocycles. The summed E-state index contributed by atoms with van der Waals surface area (Å²) in [6.45, 7) is 1.77. The largest absolute Gasteiger partial charge is 0.481 e. The number of amides is 1. The quantitative estimate of drug-likeness (QED) is 0.772. The lowest BCUT2D eigenvalue weighted by Gasteiger charge is -2.15. The smallest absolute Gasteiger partial charge is 0.305 e.